The second-order valence-corrected chi connectivity index (χ2v) is 16.2. The number of benzene rings is 1. The van der Waals surface area contributed by atoms with E-state index in [2.05, 4.69) is 52.8 Å². The van der Waals surface area contributed by atoms with Crippen molar-refractivity contribution >= 4 is 29.6 Å². The molecule has 0 aliphatic carbocycles. The number of hydrogen-bond donors (Lipinski definition) is 4. The van der Waals surface area contributed by atoms with E-state index in [1.807, 2.05) is 56.9 Å². The number of allylic oxidation sites excluding steroid dienone is 1. The van der Waals surface area contributed by atoms with Crippen LogP contribution >= 0.6 is 0 Å². The zero-order chi connectivity index (χ0) is 42.3. The van der Waals surface area contributed by atoms with Crippen molar-refractivity contribution < 1.29 is 38.9 Å². The highest BCUT2D eigenvalue weighted by Crippen LogP contribution is 2.36. The van der Waals surface area contributed by atoms with Gasteiger partial charge in [0.25, 0.3) is 0 Å². The Morgan fingerprint density at radius 1 is 0.845 bits per heavy atom. The van der Waals surface area contributed by atoms with Crippen molar-refractivity contribution in [3.63, 3.8) is 0 Å². The summed E-state index contributed by atoms with van der Waals surface area (Å²) in [5.74, 6) is 12.1. The molecule has 2 fully saturated rings. The van der Waals surface area contributed by atoms with Gasteiger partial charge in [0, 0.05) is 41.9 Å². The largest absolute Gasteiger partial charge is 0.469 e. The van der Waals surface area contributed by atoms with Crippen molar-refractivity contribution in [1.82, 2.24) is 25.1 Å². The number of ether oxygens (including phenoxy) is 2. The van der Waals surface area contributed by atoms with E-state index in [0.717, 1.165) is 17.7 Å². The number of rotatable bonds is 11. The van der Waals surface area contributed by atoms with E-state index in [1.165, 1.54) is 14.2 Å². The molecular formula is C44H56N6O8. The zero-order valence-electron chi connectivity index (χ0n) is 34.7. The minimum atomic E-state index is -0.773. The van der Waals surface area contributed by atoms with Crippen molar-refractivity contribution in [3.8, 4) is 23.7 Å². The van der Waals surface area contributed by atoms with E-state index in [0.29, 0.717) is 60.0 Å². The van der Waals surface area contributed by atoms with E-state index in [1.54, 1.807) is 4.90 Å². The Labute approximate surface area is 340 Å². The van der Waals surface area contributed by atoms with E-state index < -0.39 is 24.0 Å². The van der Waals surface area contributed by atoms with Gasteiger partial charge in [-0.2, -0.15) is 0 Å². The number of aliphatic hydroxyl groups is 2. The first-order valence-corrected chi connectivity index (χ1v) is 19.9. The lowest BCUT2D eigenvalue weighted by molar-refractivity contribution is -0.148. The molecule has 4 heterocycles. The first-order valence-electron chi connectivity index (χ1n) is 19.9. The van der Waals surface area contributed by atoms with Crippen LogP contribution in [0.4, 0.5) is 4.79 Å². The van der Waals surface area contributed by atoms with Gasteiger partial charge in [-0.1, -0.05) is 59.3 Å². The Bertz CT molecular complexity index is 2050. The molecule has 2 saturated heterocycles. The Hall–Kier alpha value is -5.44. The topological polar surface area (TPSA) is 187 Å². The van der Waals surface area contributed by atoms with Gasteiger partial charge in [0.2, 0.25) is 11.8 Å². The Morgan fingerprint density at radius 3 is 2.00 bits per heavy atom. The van der Waals surface area contributed by atoms with Crippen molar-refractivity contribution in [2.24, 2.45) is 34.6 Å². The fraction of sp³-hybridized carbons (Fsp3) is 0.545. The minimum absolute atomic E-state index is 0.0209. The number of carbonyl (C=O) groups is 4. The molecule has 6 atom stereocenters. The first-order chi connectivity index (χ1) is 27.7. The highest BCUT2D eigenvalue weighted by atomic mass is 16.5. The number of aromatic amines is 1. The average Bonchev–Trinajstić information content (AvgIpc) is 4.01. The number of amides is 3. The lowest BCUT2D eigenvalue weighted by Gasteiger charge is -2.30. The van der Waals surface area contributed by atoms with Crippen LogP contribution in [0.25, 0.3) is 0 Å². The fourth-order valence-corrected chi connectivity index (χ4v) is 7.84. The van der Waals surface area contributed by atoms with Gasteiger partial charge in [0.05, 0.1) is 57.6 Å². The lowest BCUT2D eigenvalue weighted by atomic mass is 9.90. The van der Waals surface area contributed by atoms with Gasteiger partial charge in [0.1, 0.15) is 23.3 Å². The molecule has 3 amide bonds. The van der Waals surface area contributed by atoms with E-state index in [9.17, 15) is 29.4 Å². The zero-order valence-corrected chi connectivity index (χ0v) is 34.7. The maximum atomic E-state index is 13.8. The molecular weight excluding hydrogens is 741 g/mol. The predicted molar refractivity (Wildman–Crippen MR) is 217 cm³/mol. The molecule has 5 rings (SSSR count). The minimum Gasteiger partial charge on any atom is -0.469 e. The SMILES string of the molecule is COC(=O)C[C@H](C(=O)N1C[C@@H](C)C[C@H]1C1=NC(CO)=C(C#Cc2ccc(C#Cc3[nH]c([C@@H]4C[C@H](C)CN4C(=O)[C@@H](NC(=O)OC)C(C)C)nc3CO)cc2)C1)C(C)C. The van der Waals surface area contributed by atoms with Crippen LogP contribution in [-0.2, 0) is 30.5 Å². The molecule has 4 N–H and O–H groups in total. The maximum Gasteiger partial charge on any atom is 0.407 e. The first kappa shape index (κ1) is 43.7. The number of carbonyl (C=O) groups excluding carboxylic acids is 4. The number of aromatic nitrogens is 2. The molecule has 14 nitrogen and oxygen atoms in total. The van der Waals surface area contributed by atoms with Crippen LogP contribution in [0.2, 0.25) is 0 Å². The van der Waals surface area contributed by atoms with E-state index in [-0.39, 0.29) is 67.2 Å². The molecule has 3 aliphatic rings. The highest BCUT2D eigenvalue weighted by molar-refractivity contribution is 5.99. The van der Waals surface area contributed by atoms with Crippen LogP contribution in [0.3, 0.4) is 0 Å². The third-order valence-electron chi connectivity index (χ3n) is 11.1. The number of likely N-dealkylation sites (tertiary alicyclic amines) is 2. The molecule has 0 bridgehead atoms. The van der Waals surface area contributed by atoms with Gasteiger partial charge in [-0.3, -0.25) is 19.4 Å². The molecule has 0 spiro atoms. The summed E-state index contributed by atoms with van der Waals surface area (Å²) in [4.78, 5) is 67.8. The maximum absolute atomic E-state index is 13.8. The van der Waals surface area contributed by atoms with Gasteiger partial charge in [-0.15, -0.1) is 0 Å². The van der Waals surface area contributed by atoms with Crippen LogP contribution < -0.4 is 5.32 Å². The molecule has 14 heteroatoms. The average molecular weight is 797 g/mol. The Morgan fingerprint density at radius 2 is 1.45 bits per heavy atom. The molecule has 3 aliphatic heterocycles. The van der Waals surface area contributed by atoms with Gasteiger partial charge in [-0.25, -0.2) is 9.78 Å². The fourth-order valence-electron chi connectivity index (χ4n) is 7.84. The van der Waals surface area contributed by atoms with Crippen molar-refractivity contribution in [1.29, 1.82) is 0 Å². The molecule has 1 aromatic carbocycles. The smallest absolute Gasteiger partial charge is 0.407 e. The normalized spacial score (nSPS) is 21.3. The summed E-state index contributed by atoms with van der Waals surface area (Å²) in [6.45, 7) is 12.2. The third kappa shape index (κ3) is 10.2. The summed E-state index contributed by atoms with van der Waals surface area (Å²) in [6, 6.07) is 5.98. The standard InChI is InChI=1S/C44H56N6O8/c1-25(2)32(20-39(53)57-7)42(54)49-21-27(5)17-37(49)34-19-31(35(23-51)45-34)15-13-29-9-11-30(12-10-29)14-16-33-36(24-52)47-41(46-33)38-18-28(6)22-50(38)43(55)40(26(3)4)48-44(56)58-8/h9-12,25-28,32,37-38,40,51-52H,17-24H2,1-8H3,(H,46,47)(H,48,56)/t27-,28-,32-,37-,38-,40-/m0/s1. The molecule has 58 heavy (non-hydrogen) atoms. The summed E-state index contributed by atoms with van der Waals surface area (Å²) < 4.78 is 9.62. The molecule has 0 radical (unpaired) electrons. The monoisotopic (exact) mass is 796 g/mol. The molecule has 310 valence electrons. The second-order valence-electron chi connectivity index (χ2n) is 16.2. The van der Waals surface area contributed by atoms with Crippen LogP contribution in [0.5, 0.6) is 0 Å². The number of methoxy groups -OCH3 is 2. The predicted octanol–water partition coefficient (Wildman–Crippen LogP) is 4.11. The number of imidazole rings is 1. The summed E-state index contributed by atoms with van der Waals surface area (Å²) in [5, 5.41) is 23.0. The number of hydrogen-bond acceptors (Lipinski definition) is 10. The van der Waals surface area contributed by atoms with Crippen LogP contribution in [0.1, 0.15) is 102 Å². The number of nitrogens with zero attached hydrogens (tertiary/aromatic N) is 4. The Balaban J connectivity index is 1.27. The quantitative estimate of drug-likeness (QED) is 0.192. The molecule has 0 unspecified atom stereocenters. The van der Waals surface area contributed by atoms with E-state index in [4.69, 9.17) is 14.5 Å². The van der Waals surface area contributed by atoms with E-state index >= 15 is 0 Å². The number of H-pyrrole nitrogens is 1. The number of alkyl carbamates (subject to hydrolysis) is 1. The number of nitrogens with one attached hydrogen (secondary N) is 2. The van der Waals surface area contributed by atoms with Gasteiger partial charge >= 0.3 is 12.1 Å². The van der Waals surface area contributed by atoms with Crippen LogP contribution in [0, 0.1) is 53.3 Å². The lowest BCUT2D eigenvalue weighted by Crippen LogP contribution is -2.51. The molecule has 2 aromatic rings. The summed E-state index contributed by atoms with van der Waals surface area (Å²) in [5.41, 5.74) is 4.24. The van der Waals surface area contributed by atoms with Crippen LogP contribution in [0.15, 0.2) is 40.5 Å². The number of aliphatic hydroxyl groups excluding tert-OH is 2. The van der Waals surface area contributed by atoms with Crippen molar-refractivity contribution in [2.45, 2.75) is 92.0 Å². The molecule has 0 saturated carbocycles. The van der Waals surface area contributed by atoms with Crippen molar-refractivity contribution in [2.75, 3.05) is 33.9 Å². The second kappa shape index (κ2) is 19.3. The number of esters is 1. The van der Waals surface area contributed by atoms with Gasteiger partial charge in [-0.05, 0) is 66.7 Å². The van der Waals surface area contributed by atoms with Crippen molar-refractivity contribution in [3.05, 3.63) is 63.9 Å². The summed E-state index contributed by atoms with van der Waals surface area (Å²) in [6.07, 6.45) is 1.16. The van der Waals surface area contributed by atoms with Crippen LogP contribution in [-0.4, -0.2) is 106 Å². The highest BCUT2D eigenvalue weighted by Gasteiger charge is 2.42. The third-order valence-corrected chi connectivity index (χ3v) is 11.1. The van der Waals surface area contributed by atoms with Gasteiger partial charge < -0.3 is 39.8 Å². The number of aliphatic imine (C=N–C) groups is 1. The van der Waals surface area contributed by atoms with Gasteiger partial charge in [0.15, 0.2) is 0 Å². The summed E-state index contributed by atoms with van der Waals surface area (Å²) >= 11 is 0. The summed E-state index contributed by atoms with van der Waals surface area (Å²) in [7, 11) is 2.59. The Kier molecular flexibility index (Phi) is 14.6. The molecule has 1 aromatic heterocycles.